The largest absolute Gasteiger partial charge is 0.338 e. The van der Waals surface area contributed by atoms with Crippen molar-refractivity contribution < 1.29 is 9.59 Å². The van der Waals surface area contributed by atoms with Crippen molar-refractivity contribution >= 4 is 17.6 Å². The molecule has 0 bridgehead atoms. The third-order valence-corrected chi connectivity index (χ3v) is 6.13. The molecule has 152 valence electrons. The highest BCUT2D eigenvalue weighted by molar-refractivity contribution is 5.95. The molecule has 5 heterocycles. The fourth-order valence-corrected chi connectivity index (χ4v) is 4.48. The van der Waals surface area contributed by atoms with Crippen LogP contribution in [0.15, 0.2) is 61.3 Å². The predicted molar refractivity (Wildman–Crippen MR) is 110 cm³/mol. The molecule has 1 fully saturated rings. The van der Waals surface area contributed by atoms with Gasteiger partial charge in [-0.2, -0.15) is 5.10 Å². The Balaban J connectivity index is 1.36. The number of hydrogen-bond acceptors (Lipinski definition) is 5. The van der Waals surface area contributed by atoms with Gasteiger partial charge in [0.05, 0.1) is 24.7 Å². The van der Waals surface area contributed by atoms with Crippen molar-refractivity contribution in [2.45, 2.75) is 31.3 Å². The van der Waals surface area contributed by atoms with E-state index >= 15 is 0 Å². The highest BCUT2D eigenvalue weighted by Gasteiger charge is 2.46. The number of anilines is 1. The summed E-state index contributed by atoms with van der Waals surface area (Å²) in [6.07, 6.45) is 10.3. The minimum absolute atomic E-state index is 0.00869. The lowest BCUT2D eigenvalue weighted by molar-refractivity contribution is -0.123. The van der Waals surface area contributed by atoms with Crippen LogP contribution in [0, 0.1) is 0 Å². The Labute approximate surface area is 174 Å². The molecule has 0 aliphatic carbocycles. The maximum Gasteiger partial charge on any atom is 0.253 e. The molecule has 0 saturated carbocycles. The first-order valence-corrected chi connectivity index (χ1v) is 10.1. The summed E-state index contributed by atoms with van der Waals surface area (Å²) in [4.78, 5) is 37.6. The third-order valence-electron chi connectivity index (χ3n) is 6.13. The van der Waals surface area contributed by atoms with E-state index in [1.54, 1.807) is 48.0 Å². The fourth-order valence-electron chi connectivity index (χ4n) is 4.48. The van der Waals surface area contributed by atoms with Crippen molar-refractivity contribution in [3.8, 4) is 0 Å². The van der Waals surface area contributed by atoms with E-state index in [-0.39, 0.29) is 17.4 Å². The number of nitrogens with zero attached hydrogens (tertiary/aromatic N) is 6. The van der Waals surface area contributed by atoms with Gasteiger partial charge in [-0.15, -0.1) is 0 Å². The van der Waals surface area contributed by atoms with Crippen molar-refractivity contribution in [1.29, 1.82) is 0 Å². The molecule has 8 heteroatoms. The highest BCUT2D eigenvalue weighted by atomic mass is 16.2. The van der Waals surface area contributed by atoms with Crippen LogP contribution in [0.4, 0.5) is 5.82 Å². The number of pyridine rings is 2. The molecule has 0 radical (unpaired) electrons. The van der Waals surface area contributed by atoms with E-state index in [2.05, 4.69) is 15.1 Å². The van der Waals surface area contributed by atoms with Gasteiger partial charge in [0.25, 0.3) is 5.91 Å². The van der Waals surface area contributed by atoms with Crippen LogP contribution >= 0.6 is 0 Å². The van der Waals surface area contributed by atoms with Crippen molar-refractivity contribution in [1.82, 2.24) is 24.6 Å². The van der Waals surface area contributed by atoms with Crippen molar-refractivity contribution in [3.05, 3.63) is 72.4 Å². The summed E-state index contributed by atoms with van der Waals surface area (Å²) in [7, 11) is 0. The molecule has 0 atom stereocenters. The van der Waals surface area contributed by atoms with Crippen LogP contribution in [0.3, 0.4) is 0 Å². The van der Waals surface area contributed by atoms with Crippen molar-refractivity contribution in [2.24, 2.45) is 0 Å². The van der Waals surface area contributed by atoms with Crippen LogP contribution in [0.1, 0.15) is 35.2 Å². The first-order chi connectivity index (χ1) is 14.7. The monoisotopic (exact) mass is 402 g/mol. The zero-order valence-corrected chi connectivity index (χ0v) is 16.5. The quantitative estimate of drug-likeness (QED) is 0.671. The van der Waals surface area contributed by atoms with Crippen molar-refractivity contribution in [2.75, 3.05) is 18.0 Å². The summed E-state index contributed by atoms with van der Waals surface area (Å²) in [5.74, 6) is 0.917. The average Bonchev–Trinajstić information content (AvgIpc) is 3.29. The zero-order chi connectivity index (χ0) is 20.6. The number of piperidine rings is 1. The van der Waals surface area contributed by atoms with Gasteiger partial charge in [0, 0.05) is 49.5 Å². The number of carbonyl (C=O) groups is 2. The summed E-state index contributed by atoms with van der Waals surface area (Å²) in [5.41, 5.74) is 1.29. The molecule has 0 aromatic carbocycles. The molecule has 2 aliphatic rings. The van der Waals surface area contributed by atoms with Gasteiger partial charge in [-0.05, 0) is 42.7 Å². The summed E-state index contributed by atoms with van der Waals surface area (Å²) in [6, 6.07) is 9.20. The van der Waals surface area contributed by atoms with Gasteiger partial charge in [0.1, 0.15) is 5.82 Å². The van der Waals surface area contributed by atoms with Gasteiger partial charge < -0.3 is 4.90 Å². The standard InChI is InChI=1S/C22H22N6O2/c29-20-15-22(6-13-26(14-7-22)21(30)18-3-10-24-11-4-18)28-19(5-12-25-28)27(20)16-17-1-8-23-9-2-17/h1-5,8-12H,6-7,13-16H2. The molecular formula is C22H22N6O2. The van der Waals surface area contributed by atoms with Gasteiger partial charge in [0.2, 0.25) is 5.91 Å². The van der Waals surface area contributed by atoms with Crippen LogP contribution in [0.25, 0.3) is 0 Å². The molecule has 2 amide bonds. The molecular weight excluding hydrogens is 380 g/mol. The van der Waals surface area contributed by atoms with E-state index < -0.39 is 0 Å². The summed E-state index contributed by atoms with van der Waals surface area (Å²) < 4.78 is 2.00. The van der Waals surface area contributed by atoms with Gasteiger partial charge in [-0.25, -0.2) is 4.68 Å². The Morgan fingerprint density at radius 1 is 0.933 bits per heavy atom. The van der Waals surface area contributed by atoms with Crippen molar-refractivity contribution in [3.63, 3.8) is 0 Å². The van der Waals surface area contributed by atoms with Crippen LogP contribution in [-0.4, -0.2) is 49.6 Å². The second-order valence-electron chi connectivity index (χ2n) is 7.87. The first kappa shape index (κ1) is 18.5. The molecule has 0 N–H and O–H groups in total. The van der Waals surface area contributed by atoms with Crippen LogP contribution in [-0.2, 0) is 16.9 Å². The topological polar surface area (TPSA) is 84.2 Å². The second-order valence-corrected chi connectivity index (χ2v) is 7.87. The van der Waals surface area contributed by atoms with Gasteiger partial charge >= 0.3 is 0 Å². The minimum atomic E-state index is -0.375. The van der Waals surface area contributed by atoms with E-state index in [9.17, 15) is 9.59 Å². The fraction of sp³-hybridized carbons (Fsp3) is 0.318. The molecule has 8 nitrogen and oxygen atoms in total. The summed E-state index contributed by atoms with van der Waals surface area (Å²) >= 11 is 0. The molecule has 2 aliphatic heterocycles. The maximum atomic E-state index is 13.2. The molecule has 5 rings (SSSR count). The van der Waals surface area contributed by atoms with E-state index in [4.69, 9.17) is 0 Å². The predicted octanol–water partition coefficient (Wildman–Crippen LogP) is 2.24. The van der Waals surface area contributed by atoms with E-state index in [0.29, 0.717) is 44.5 Å². The van der Waals surface area contributed by atoms with Gasteiger partial charge in [-0.3, -0.25) is 24.5 Å². The lowest BCUT2D eigenvalue weighted by Crippen LogP contribution is -2.54. The number of likely N-dealkylation sites (tertiary alicyclic amines) is 1. The molecule has 1 spiro atoms. The first-order valence-electron chi connectivity index (χ1n) is 10.1. The number of amides is 2. The Morgan fingerprint density at radius 3 is 2.30 bits per heavy atom. The van der Waals surface area contributed by atoms with Gasteiger partial charge in [-0.1, -0.05) is 0 Å². The second kappa shape index (κ2) is 7.37. The Morgan fingerprint density at radius 2 is 1.60 bits per heavy atom. The van der Waals surface area contributed by atoms with Crippen LogP contribution < -0.4 is 4.90 Å². The minimum Gasteiger partial charge on any atom is -0.338 e. The van der Waals surface area contributed by atoms with E-state index in [1.165, 1.54) is 0 Å². The van der Waals surface area contributed by atoms with Crippen LogP contribution in [0.5, 0.6) is 0 Å². The number of aromatic nitrogens is 4. The smallest absolute Gasteiger partial charge is 0.253 e. The SMILES string of the molecule is O=C(c1ccncc1)N1CCC2(CC1)CC(=O)N(Cc1ccncc1)c1ccnn12. The number of hydrogen-bond donors (Lipinski definition) is 0. The summed E-state index contributed by atoms with van der Waals surface area (Å²) in [5, 5.41) is 4.59. The average molecular weight is 402 g/mol. The highest BCUT2D eigenvalue weighted by Crippen LogP contribution is 2.41. The summed E-state index contributed by atoms with van der Waals surface area (Å²) in [6.45, 7) is 1.69. The Kier molecular flexibility index (Phi) is 4.54. The molecule has 30 heavy (non-hydrogen) atoms. The molecule has 0 unspecified atom stereocenters. The number of carbonyl (C=O) groups excluding carboxylic acids is 2. The number of rotatable bonds is 3. The maximum absolute atomic E-state index is 13.2. The molecule has 3 aromatic heterocycles. The zero-order valence-electron chi connectivity index (χ0n) is 16.5. The van der Waals surface area contributed by atoms with Gasteiger partial charge in [0.15, 0.2) is 0 Å². The van der Waals surface area contributed by atoms with E-state index in [1.807, 2.05) is 27.8 Å². The molecule has 1 saturated heterocycles. The normalized spacial score (nSPS) is 17.8. The van der Waals surface area contributed by atoms with E-state index in [0.717, 1.165) is 11.4 Å². The third kappa shape index (κ3) is 3.14. The molecule has 3 aromatic rings. The lowest BCUT2D eigenvalue weighted by Gasteiger charge is -2.46. The lowest BCUT2D eigenvalue weighted by atomic mass is 9.82. The Hall–Kier alpha value is -3.55. The van der Waals surface area contributed by atoms with Crippen LogP contribution in [0.2, 0.25) is 0 Å². The number of fused-ring (bicyclic) bond motifs is 2. The Bertz CT molecular complexity index is 1060.